The van der Waals surface area contributed by atoms with Gasteiger partial charge in [-0.05, 0) is 25.6 Å². The van der Waals surface area contributed by atoms with E-state index in [9.17, 15) is 4.79 Å². The third-order valence-corrected chi connectivity index (χ3v) is 54.0. The van der Waals surface area contributed by atoms with Crippen LogP contribution >= 0.6 is 74.5 Å². The Labute approximate surface area is 200 Å². The van der Waals surface area contributed by atoms with Gasteiger partial charge in [0.1, 0.15) is 0 Å². The number of amides is 1. The molecule has 0 saturated heterocycles. The molecule has 160 valence electrons. The van der Waals surface area contributed by atoms with E-state index in [1.54, 1.807) is 0 Å². The Bertz CT molecular complexity index is 712. The van der Waals surface area contributed by atoms with Crippen molar-refractivity contribution >= 4 is 104 Å². The van der Waals surface area contributed by atoms with E-state index in [1.165, 1.54) is 0 Å². The predicted molar refractivity (Wildman–Crippen MR) is 142 cm³/mol. The Morgan fingerprint density at radius 2 is 0.929 bits per heavy atom. The summed E-state index contributed by atoms with van der Waals surface area (Å²) >= 11 is 19.7. The van der Waals surface area contributed by atoms with E-state index in [0.717, 1.165) is 0 Å². The van der Waals surface area contributed by atoms with Crippen LogP contribution < -0.4 is 22.9 Å². The van der Waals surface area contributed by atoms with E-state index < -0.39 is 32.4 Å². The van der Waals surface area contributed by atoms with Gasteiger partial charge in [0.15, 0.2) is 0 Å². The van der Waals surface area contributed by atoms with Crippen molar-refractivity contribution in [3.8, 4) is 0 Å². The Kier molecular flexibility index (Phi) is 14.0. The second-order valence-electron chi connectivity index (χ2n) is 10.3. The van der Waals surface area contributed by atoms with Crippen LogP contribution in [0, 0.1) is 0 Å². The van der Waals surface area contributed by atoms with Crippen LogP contribution in [-0.2, 0) is 26.3 Å². The van der Waals surface area contributed by atoms with Crippen LogP contribution in [0.4, 0.5) is 4.79 Å². The van der Waals surface area contributed by atoms with Gasteiger partial charge in [0.25, 0.3) is 0 Å². The largest absolute Gasteiger partial charge is 0.464 e. The normalized spacial score (nSPS) is 9.57. The maximum atomic E-state index is 9.47. The maximum Gasteiger partial charge on any atom is 0.427 e. The monoisotopic (exact) mass is 609 g/mol. The Balaban J connectivity index is -0.000000351. The Hall–Kier alpha value is 0.517. The standard InChI is InChI=1S/2C2H4.CH3NO2S2.4CH2NS.4CH3.2Zn/c2*1-2;3-1(4)2(5)6;4*2-1-3;;;;;;/h2*1H,2H3;5-6H,(H,3,4);4*(H2,2,3);4*1H3;;. The average Bonchev–Trinajstić information content (AvgIpc) is 2.55. The summed E-state index contributed by atoms with van der Waals surface area (Å²) in [6.45, 7) is 3.87. The summed E-state index contributed by atoms with van der Waals surface area (Å²) in [5, 5.41) is 7.76. The van der Waals surface area contributed by atoms with Crippen molar-refractivity contribution in [2.75, 3.05) is 0 Å². The van der Waals surface area contributed by atoms with Gasteiger partial charge < -0.3 is 5.11 Å². The Morgan fingerprint density at radius 3 is 0.929 bits per heavy atom. The first-order chi connectivity index (χ1) is 12.1. The van der Waals surface area contributed by atoms with Crippen molar-refractivity contribution in [3.63, 3.8) is 0 Å². The summed E-state index contributed by atoms with van der Waals surface area (Å²) in [5.41, 5.74) is 30.7. The van der Waals surface area contributed by atoms with Gasteiger partial charge in [0.05, 0.1) is 0 Å². The van der Waals surface area contributed by atoms with Gasteiger partial charge in [-0.3, -0.25) is 0 Å². The predicted octanol–water partition coefficient (Wildman–Crippen LogP) is 2.82. The minimum absolute atomic E-state index is 0.472. The first-order valence-corrected chi connectivity index (χ1v) is 32.9. The van der Waals surface area contributed by atoms with Crippen molar-refractivity contribution in [3.05, 3.63) is 0 Å². The molecule has 0 aromatic carbocycles. The number of hydrogen-bond donors (Lipinski definition) is 7. The molecule has 0 spiro atoms. The van der Waals surface area contributed by atoms with Crippen LogP contribution in [-0.4, -0.2) is 38.5 Å². The molecule has 7 nitrogen and oxygen atoms in total. The van der Waals surface area contributed by atoms with Gasteiger partial charge in [-0.25, -0.2) is 4.79 Å². The molecule has 0 aromatic rings. The van der Waals surface area contributed by atoms with Gasteiger partial charge >= 0.3 is 164 Å². The van der Waals surface area contributed by atoms with Gasteiger partial charge in [-0.15, -0.1) is 0 Å². The second-order valence-corrected chi connectivity index (χ2v) is 57.2. The first kappa shape index (κ1) is 33.2. The summed E-state index contributed by atoms with van der Waals surface area (Å²) in [5.74, 6) is 0. The molecular formula is C13H31N5O2S6Zn2. The minimum Gasteiger partial charge on any atom is -0.464 e. The number of carbonyl (C=O) groups is 1. The summed E-state index contributed by atoms with van der Waals surface area (Å²) < 4.78 is 6.64. The SMILES string of the molecule is C[CH]=[Zn]([CH3])([CH3])([C](N)=S)[C](N)=S.C[CH]=[Zn]([CH3])([CH3])([C](N)=S)[C](N)=S.O=C(O)N(S)S. The van der Waals surface area contributed by atoms with Crippen LogP contribution in [0.15, 0.2) is 0 Å². The second kappa shape index (κ2) is 11.8. The van der Waals surface area contributed by atoms with Gasteiger partial charge in [-0.1, -0.05) is 0 Å². The van der Waals surface area contributed by atoms with Crippen LogP contribution in [0.1, 0.15) is 13.8 Å². The fourth-order valence-corrected chi connectivity index (χ4v) is 13.6. The van der Waals surface area contributed by atoms with Crippen LogP contribution in [0.2, 0.25) is 22.1 Å². The molecule has 0 saturated carbocycles. The zero-order valence-electron chi connectivity index (χ0n) is 17.2. The number of thiocarbonyl (C=S) groups is 4. The van der Waals surface area contributed by atoms with E-state index in [2.05, 4.69) is 25.6 Å². The van der Waals surface area contributed by atoms with E-state index in [4.69, 9.17) is 76.9 Å². The molecular weight excluding hydrogens is 581 g/mol. The van der Waals surface area contributed by atoms with Crippen molar-refractivity contribution in [2.24, 2.45) is 22.9 Å². The molecule has 0 radical (unpaired) electrons. The number of nitrogens with zero attached hydrogens (tertiary/aromatic N) is 1. The maximum absolute atomic E-state index is 9.47. The molecule has 9 N–H and O–H groups in total. The number of thiol groups is 2. The van der Waals surface area contributed by atoms with Crippen molar-refractivity contribution in [1.29, 1.82) is 0 Å². The number of hydrogen-bond acceptors (Lipinski definition) is 7. The van der Waals surface area contributed by atoms with Crippen molar-refractivity contribution in [1.82, 2.24) is 3.71 Å². The fourth-order valence-electron chi connectivity index (χ4n) is 1.15. The molecule has 0 fully saturated rings. The van der Waals surface area contributed by atoms with Gasteiger partial charge in [-0.2, -0.15) is 3.71 Å². The average molecular weight is 613 g/mol. The minimum atomic E-state index is -3.42. The zero-order valence-corrected chi connectivity index (χ0v) is 28.2. The van der Waals surface area contributed by atoms with Gasteiger partial charge in [0, 0.05) is 0 Å². The molecule has 0 aromatic heterocycles. The summed E-state index contributed by atoms with van der Waals surface area (Å²) in [6, 6.07) is 0. The first-order valence-electron chi connectivity index (χ1n) is 9.24. The van der Waals surface area contributed by atoms with Gasteiger partial charge in [0.2, 0.25) is 0 Å². The number of carboxylic acid groups (broad SMARTS) is 1. The molecule has 28 heavy (non-hydrogen) atoms. The molecule has 0 aliphatic heterocycles. The molecule has 0 unspecified atom stereocenters. The third-order valence-electron chi connectivity index (χ3n) is 6.91. The molecule has 0 rings (SSSR count). The quantitative estimate of drug-likeness (QED) is 0.144. The molecule has 1 amide bonds. The van der Waals surface area contributed by atoms with E-state index >= 15 is 0 Å². The van der Waals surface area contributed by atoms with Crippen molar-refractivity contribution in [2.45, 2.75) is 35.9 Å². The summed E-state index contributed by atoms with van der Waals surface area (Å²) in [6.07, 6.45) is -1.18. The third kappa shape index (κ3) is 8.71. The van der Waals surface area contributed by atoms with E-state index in [1.807, 2.05) is 45.1 Å². The molecule has 0 heterocycles. The topological polar surface area (TPSA) is 145 Å². The molecule has 0 bridgehead atoms. The number of rotatable bonds is 4. The summed E-state index contributed by atoms with van der Waals surface area (Å²) in [7, 11) is 0. The zero-order chi connectivity index (χ0) is 23.8. The fraction of sp³-hybridized carbons (Fsp3) is 0.462. The van der Waals surface area contributed by atoms with E-state index in [-0.39, 0.29) is 0 Å². The molecule has 0 atom stereocenters. The summed E-state index contributed by atoms with van der Waals surface area (Å²) in [4.78, 5) is 9.47. The van der Waals surface area contributed by atoms with Crippen LogP contribution in [0.5, 0.6) is 0 Å². The number of nitrogens with two attached hydrogens (primary N) is 4. The molecule has 0 aliphatic carbocycles. The Morgan fingerprint density at radius 1 is 0.786 bits per heavy atom. The smallest absolute Gasteiger partial charge is 0.427 e. The van der Waals surface area contributed by atoms with Crippen LogP contribution in [0.25, 0.3) is 0 Å². The molecule has 15 heteroatoms. The van der Waals surface area contributed by atoms with Crippen LogP contribution in [0.3, 0.4) is 0 Å². The van der Waals surface area contributed by atoms with E-state index in [0.29, 0.717) is 18.0 Å². The molecule has 0 aliphatic rings. The van der Waals surface area contributed by atoms with Crippen molar-refractivity contribution < 1.29 is 36.2 Å².